The Morgan fingerprint density at radius 3 is 2.46 bits per heavy atom. The topological polar surface area (TPSA) is 103 Å². The fourth-order valence-electron chi connectivity index (χ4n) is 1.70. The van der Waals surface area contributed by atoms with Gasteiger partial charge in [-0.25, -0.2) is 9.59 Å². The predicted octanol–water partition coefficient (Wildman–Crippen LogP) is 1.48. The number of amides is 3. The summed E-state index contributed by atoms with van der Waals surface area (Å²) in [7, 11) is 2.89. The highest BCUT2D eigenvalue weighted by molar-refractivity contribution is 5.97. The molecule has 0 aliphatic rings. The Morgan fingerprint density at radius 2 is 1.88 bits per heavy atom. The zero-order valence-corrected chi connectivity index (χ0v) is 14.2. The molecule has 0 saturated heterocycles. The van der Waals surface area contributed by atoms with Crippen molar-refractivity contribution in [3.05, 3.63) is 23.8 Å². The molecule has 0 spiro atoms. The van der Waals surface area contributed by atoms with Crippen molar-refractivity contribution in [3.8, 4) is 11.5 Å². The number of carbonyl (C=O) groups excluding carboxylic acids is 3. The first-order valence-electron chi connectivity index (χ1n) is 7.40. The van der Waals surface area contributed by atoms with Crippen LogP contribution in [0.4, 0.5) is 4.79 Å². The van der Waals surface area contributed by atoms with E-state index in [1.54, 1.807) is 13.0 Å². The van der Waals surface area contributed by atoms with Crippen LogP contribution in [0.25, 0.3) is 0 Å². The molecule has 8 heteroatoms. The zero-order chi connectivity index (χ0) is 18.1. The van der Waals surface area contributed by atoms with Crippen molar-refractivity contribution in [2.75, 3.05) is 20.8 Å². The first kappa shape index (κ1) is 19.3. The van der Waals surface area contributed by atoms with E-state index >= 15 is 0 Å². The third-order valence-electron chi connectivity index (χ3n) is 3.21. The lowest BCUT2D eigenvalue weighted by molar-refractivity contribution is -0.123. The van der Waals surface area contributed by atoms with Gasteiger partial charge in [-0.1, -0.05) is 6.92 Å². The van der Waals surface area contributed by atoms with E-state index in [4.69, 9.17) is 14.2 Å². The Bertz CT molecular complexity index is 602. The van der Waals surface area contributed by atoms with Crippen LogP contribution in [0.5, 0.6) is 11.5 Å². The van der Waals surface area contributed by atoms with Crippen LogP contribution in [0.3, 0.4) is 0 Å². The van der Waals surface area contributed by atoms with Gasteiger partial charge in [0.05, 0.1) is 14.2 Å². The Balaban J connectivity index is 2.57. The summed E-state index contributed by atoms with van der Waals surface area (Å²) in [5.41, 5.74) is 0.148. The molecule has 0 unspecified atom stereocenters. The van der Waals surface area contributed by atoms with Gasteiger partial charge in [-0.3, -0.25) is 10.1 Å². The van der Waals surface area contributed by atoms with Gasteiger partial charge in [0.1, 0.15) is 17.1 Å². The molecule has 3 amide bonds. The van der Waals surface area contributed by atoms with E-state index < -0.39 is 24.5 Å². The second kappa shape index (κ2) is 9.39. The molecular weight excluding hydrogens is 316 g/mol. The van der Waals surface area contributed by atoms with Crippen molar-refractivity contribution in [2.24, 2.45) is 0 Å². The average Bonchev–Trinajstić information content (AvgIpc) is 2.58. The lowest BCUT2D eigenvalue weighted by atomic mass is 10.2. The van der Waals surface area contributed by atoms with Crippen molar-refractivity contribution < 1.29 is 28.6 Å². The molecule has 2 N–H and O–H groups in total. The lowest BCUT2D eigenvalue weighted by Gasteiger charge is -2.12. The van der Waals surface area contributed by atoms with E-state index in [1.165, 1.54) is 26.4 Å². The molecule has 0 bridgehead atoms. The van der Waals surface area contributed by atoms with Crippen LogP contribution in [-0.4, -0.2) is 44.8 Å². The van der Waals surface area contributed by atoms with E-state index in [9.17, 15) is 14.4 Å². The maximum Gasteiger partial charge on any atom is 0.342 e. The van der Waals surface area contributed by atoms with Crippen LogP contribution >= 0.6 is 0 Å². The van der Waals surface area contributed by atoms with Crippen LogP contribution in [0, 0.1) is 0 Å². The molecule has 24 heavy (non-hydrogen) atoms. The summed E-state index contributed by atoms with van der Waals surface area (Å²) < 4.78 is 15.0. The minimum absolute atomic E-state index is 0.0658. The highest BCUT2D eigenvalue weighted by atomic mass is 16.5. The van der Waals surface area contributed by atoms with Gasteiger partial charge >= 0.3 is 12.0 Å². The molecule has 1 aromatic rings. The first-order chi connectivity index (χ1) is 11.4. The highest BCUT2D eigenvalue weighted by Crippen LogP contribution is 2.25. The number of ether oxygens (including phenoxy) is 3. The smallest absolute Gasteiger partial charge is 0.342 e. The number of urea groups is 1. The molecule has 0 saturated carbocycles. The number of hydrogen-bond donors (Lipinski definition) is 2. The largest absolute Gasteiger partial charge is 0.497 e. The summed E-state index contributed by atoms with van der Waals surface area (Å²) in [6.45, 7) is 3.12. The molecule has 0 fully saturated rings. The van der Waals surface area contributed by atoms with Crippen LogP contribution in [0.15, 0.2) is 18.2 Å². The standard InChI is InChI=1S/C16H22N2O6/c1-5-10(2)17-16(21)18-14(19)9-24-15(20)12-7-6-11(22-3)8-13(12)23-4/h6-8,10H,5,9H2,1-4H3,(H2,17,18,19,21)/t10-/m0/s1. The van der Waals surface area contributed by atoms with Gasteiger partial charge in [0.15, 0.2) is 6.61 Å². The van der Waals surface area contributed by atoms with Crippen molar-refractivity contribution >= 4 is 17.9 Å². The maximum absolute atomic E-state index is 12.0. The molecule has 0 aliphatic carbocycles. The van der Waals surface area contributed by atoms with E-state index in [2.05, 4.69) is 10.6 Å². The fraction of sp³-hybridized carbons (Fsp3) is 0.438. The fourth-order valence-corrected chi connectivity index (χ4v) is 1.70. The SMILES string of the molecule is CC[C@H](C)NC(=O)NC(=O)COC(=O)c1ccc(OC)cc1OC. The Kier molecular flexibility index (Phi) is 7.54. The first-order valence-corrected chi connectivity index (χ1v) is 7.40. The quantitative estimate of drug-likeness (QED) is 0.730. The van der Waals surface area contributed by atoms with Gasteiger partial charge < -0.3 is 19.5 Å². The van der Waals surface area contributed by atoms with Crippen molar-refractivity contribution in [2.45, 2.75) is 26.3 Å². The lowest BCUT2D eigenvalue weighted by Crippen LogP contribution is -2.44. The van der Waals surface area contributed by atoms with E-state index in [0.717, 1.165) is 6.42 Å². The molecule has 0 heterocycles. The van der Waals surface area contributed by atoms with Crippen LogP contribution in [0.1, 0.15) is 30.6 Å². The summed E-state index contributed by atoms with van der Waals surface area (Å²) in [4.78, 5) is 35.1. The number of nitrogens with one attached hydrogen (secondary N) is 2. The average molecular weight is 338 g/mol. The normalized spacial score (nSPS) is 11.2. The molecule has 0 aromatic heterocycles. The highest BCUT2D eigenvalue weighted by Gasteiger charge is 2.17. The van der Waals surface area contributed by atoms with Gasteiger partial charge in [0.25, 0.3) is 5.91 Å². The van der Waals surface area contributed by atoms with Gasteiger partial charge in [-0.2, -0.15) is 0 Å². The Hall–Kier alpha value is -2.77. The van der Waals surface area contributed by atoms with Crippen LogP contribution in [0.2, 0.25) is 0 Å². The number of benzene rings is 1. The minimum atomic E-state index is -0.744. The van der Waals surface area contributed by atoms with E-state index in [-0.39, 0.29) is 17.4 Å². The van der Waals surface area contributed by atoms with Gasteiger partial charge in [-0.15, -0.1) is 0 Å². The van der Waals surface area contributed by atoms with E-state index in [0.29, 0.717) is 5.75 Å². The van der Waals surface area contributed by atoms with Crippen molar-refractivity contribution in [1.82, 2.24) is 10.6 Å². The number of methoxy groups -OCH3 is 2. The monoisotopic (exact) mass is 338 g/mol. The predicted molar refractivity (Wildman–Crippen MR) is 86.3 cm³/mol. The second-order valence-corrected chi connectivity index (χ2v) is 4.97. The van der Waals surface area contributed by atoms with E-state index in [1.807, 2.05) is 6.92 Å². The minimum Gasteiger partial charge on any atom is -0.497 e. The molecular formula is C16H22N2O6. The van der Waals surface area contributed by atoms with Gasteiger partial charge in [-0.05, 0) is 25.5 Å². The van der Waals surface area contributed by atoms with Crippen LogP contribution < -0.4 is 20.1 Å². The Labute approximate surface area is 140 Å². The summed E-state index contributed by atoms with van der Waals surface area (Å²) >= 11 is 0. The van der Waals surface area contributed by atoms with Crippen LogP contribution in [-0.2, 0) is 9.53 Å². The molecule has 132 valence electrons. The Morgan fingerprint density at radius 1 is 1.17 bits per heavy atom. The van der Waals surface area contributed by atoms with Gasteiger partial charge in [0.2, 0.25) is 0 Å². The summed E-state index contributed by atoms with van der Waals surface area (Å²) in [6, 6.07) is 3.86. The third kappa shape index (κ3) is 5.79. The number of hydrogen-bond acceptors (Lipinski definition) is 6. The van der Waals surface area contributed by atoms with Gasteiger partial charge in [0, 0.05) is 12.1 Å². The maximum atomic E-state index is 12.0. The molecule has 8 nitrogen and oxygen atoms in total. The summed E-state index contributed by atoms with van der Waals surface area (Å²) in [5.74, 6) is -0.694. The number of rotatable bonds is 7. The number of carbonyl (C=O) groups is 3. The summed E-state index contributed by atoms with van der Waals surface area (Å²) in [6.07, 6.45) is 0.730. The molecule has 0 radical (unpaired) electrons. The van der Waals surface area contributed by atoms with Crippen molar-refractivity contribution in [3.63, 3.8) is 0 Å². The molecule has 1 aromatic carbocycles. The number of imide groups is 1. The second-order valence-electron chi connectivity index (χ2n) is 4.97. The molecule has 1 rings (SSSR count). The molecule has 1 atom stereocenters. The zero-order valence-electron chi connectivity index (χ0n) is 14.2. The third-order valence-corrected chi connectivity index (χ3v) is 3.21. The summed E-state index contributed by atoms with van der Waals surface area (Å²) in [5, 5.41) is 4.65. The van der Waals surface area contributed by atoms with Crippen molar-refractivity contribution in [1.29, 1.82) is 0 Å². The number of esters is 1. The molecule has 0 aliphatic heterocycles.